The number of hydrogen-bond acceptors (Lipinski definition) is 8. The van der Waals surface area contributed by atoms with Crippen molar-refractivity contribution < 1.29 is 24.1 Å². The van der Waals surface area contributed by atoms with Crippen LogP contribution in [0.25, 0.3) is 0 Å². The Morgan fingerprint density at radius 1 is 0.892 bits per heavy atom. The molecule has 5 rings (SSSR count). The second-order valence-electron chi connectivity index (χ2n) is 10.8. The number of piperidine rings is 1. The number of allylic oxidation sites excluding steroid dienone is 1. The molecule has 3 aliphatic rings. The summed E-state index contributed by atoms with van der Waals surface area (Å²) in [6, 6.07) is 10.1. The van der Waals surface area contributed by atoms with Gasteiger partial charge in [-0.3, -0.25) is 10.2 Å². The van der Waals surface area contributed by atoms with E-state index in [1.165, 1.54) is 11.3 Å². The van der Waals surface area contributed by atoms with Crippen molar-refractivity contribution in [1.82, 2.24) is 15.1 Å². The van der Waals surface area contributed by atoms with E-state index in [-0.39, 0.29) is 11.0 Å². The number of nitrogens with one attached hydrogen (secondary N) is 1. The summed E-state index contributed by atoms with van der Waals surface area (Å²) in [7, 11) is 6.73. The van der Waals surface area contributed by atoms with E-state index in [2.05, 4.69) is 53.2 Å². The highest BCUT2D eigenvalue weighted by atomic mass is 16.5. The molecular formula is C29H39N3O5. The van der Waals surface area contributed by atoms with Crippen molar-refractivity contribution >= 4 is 0 Å². The summed E-state index contributed by atoms with van der Waals surface area (Å²) in [5.74, 6) is 3.18. The summed E-state index contributed by atoms with van der Waals surface area (Å²) in [6.45, 7) is 7.68. The van der Waals surface area contributed by atoms with Gasteiger partial charge in [-0.25, -0.2) is 0 Å². The molecule has 1 spiro atoms. The molecule has 0 aromatic heterocycles. The number of likely N-dealkylation sites (tertiary alicyclic amines) is 1. The second kappa shape index (κ2) is 9.74. The molecule has 0 amide bonds. The Morgan fingerprint density at radius 3 is 2.11 bits per heavy atom. The number of rotatable bonds is 6. The maximum atomic E-state index is 11.2. The minimum absolute atomic E-state index is 0.279. The lowest BCUT2D eigenvalue weighted by molar-refractivity contribution is 0.0222. The average Bonchev–Trinajstić information content (AvgIpc) is 3.04. The standard InChI is InChI=1S/C29H39N3O5/c1-28(2)16-25-29(7-9-31(10-8-29)17-19-11-21(34-3)14-22(12-19)35-4)30-27(33)32(25)18-20-13-23(36-5)15-24(37-6)26(20)28/h11-16,27,30,33H,7-10,17-18H2,1-6H3. The first-order chi connectivity index (χ1) is 17.7. The van der Waals surface area contributed by atoms with E-state index in [0.29, 0.717) is 6.54 Å². The van der Waals surface area contributed by atoms with Crippen LogP contribution < -0.4 is 24.3 Å². The first-order valence-electron chi connectivity index (χ1n) is 12.9. The lowest BCUT2D eigenvalue weighted by Crippen LogP contribution is -2.52. The molecule has 2 aromatic rings. The van der Waals surface area contributed by atoms with Gasteiger partial charge in [-0.2, -0.15) is 0 Å². The van der Waals surface area contributed by atoms with Crippen molar-refractivity contribution in [1.29, 1.82) is 0 Å². The van der Waals surface area contributed by atoms with Gasteiger partial charge < -0.3 is 29.0 Å². The molecule has 2 aromatic carbocycles. The molecule has 2 saturated heterocycles. The second-order valence-corrected chi connectivity index (χ2v) is 10.8. The van der Waals surface area contributed by atoms with Crippen molar-refractivity contribution in [2.24, 2.45) is 0 Å². The van der Waals surface area contributed by atoms with Gasteiger partial charge in [0.15, 0.2) is 6.35 Å². The van der Waals surface area contributed by atoms with Gasteiger partial charge in [0.25, 0.3) is 0 Å². The fourth-order valence-corrected chi connectivity index (χ4v) is 6.29. The van der Waals surface area contributed by atoms with Gasteiger partial charge in [0, 0.05) is 55.0 Å². The lowest BCUT2D eigenvalue weighted by Gasteiger charge is -2.41. The zero-order valence-corrected chi connectivity index (χ0v) is 22.8. The number of hydrogen-bond donors (Lipinski definition) is 2. The maximum absolute atomic E-state index is 11.2. The normalized spacial score (nSPS) is 22.1. The number of aliphatic hydroxyl groups excluding tert-OH is 1. The Kier molecular flexibility index (Phi) is 6.77. The fourth-order valence-electron chi connectivity index (χ4n) is 6.29. The fraction of sp³-hybridized carbons (Fsp3) is 0.517. The van der Waals surface area contributed by atoms with Crippen LogP contribution in [0.4, 0.5) is 0 Å². The molecular weight excluding hydrogens is 470 g/mol. The van der Waals surface area contributed by atoms with Gasteiger partial charge in [-0.05, 0) is 42.2 Å². The van der Waals surface area contributed by atoms with Crippen molar-refractivity contribution in [2.75, 3.05) is 41.5 Å². The number of benzene rings is 2. The highest BCUT2D eigenvalue weighted by Gasteiger charge is 2.50. The van der Waals surface area contributed by atoms with Crippen LogP contribution in [0.5, 0.6) is 23.0 Å². The molecule has 0 saturated carbocycles. The molecule has 0 aliphatic carbocycles. The van der Waals surface area contributed by atoms with Gasteiger partial charge in [0.05, 0.1) is 34.0 Å². The van der Waals surface area contributed by atoms with Crippen molar-refractivity contribution in [3.05, 3.63) is 58.8 Å². The molecule has 3 aliphatic heterocycles. The third-order valence-corrected chi connectivity index (χ3v) is 8.12. The van der Waals surface area contributed by atoms with Crippen LogP contribution in [0, 0.1) is 0 Å². The van der Waals surface area contributed by atoms with E-state index in [1.54, 1.807) is 28.4 Å². The minimum atomic E-state index is -0.751. The van der Waals surface area contributed by atoms with Gasteiger partial charge in [0.1, 0.15) is 23.0 Å². The largest absolute Gasteiger partial charge is 0.497 e. The molecule has 37 heavy (non-hydrogen) atoms. The van der Waals surface area contributed by atoms with E-state index >= 15 is 0 Å². The number of methoxy groups -OCH3 is 4. The predicted octanol–water partition coefficient (Wildman–Crippen LogP) is 3.61. The Morgan fingerprint density at radius 2 is 1.51 bits per heavy atom. The molecule has 0 bridgehead atoms. The Bertz CT molecular complexity index is 1160. The molecule has 1 atom stereocenters. The molecule has 2 N–H and O–H groups in total. The van der Waals surface area contributed by atoms with Crippen LogP contribution in [-0.4, -0.2) is 68.3 Å². The van der Waals surface area contributed by atoms with E-state index < -0.39 is 6.35 Å². The zero-order valence-electron chi connectivity index (χ0n) is 22.8. The Hall–Kier alpha value is -2.94. The van der Waals surface area contributed by atoms with E-state index in [4.69, 9.17) is 18.9 Å². The SMILES string of the molecule is COc1cc(CN2CCC3(CC2)NC(O)N2Cc4cc(OC)cc(OC)c4C(C)(C)C=C23)cc(OC)c1. The van der Waals surface area contributed by atoms with Crippen LogP contribution in [0.3, 0.4) is 0 Å². The van der Waals surface area contributed by atoms with Crippen LogP contribution in [0.2, 0.25) is 0 Å². The highest BCUT2D eigenvalue weighted by Crippen LogP contribution is 2.48. The predicted molar refractivity (Wildman–Crippen MR) is 142 cm³/mol. The monoisotopic (exact) mass is 509 g/mol. The van der Waals surface area contributed by atoms with Gasteiger partial charge in [-0.15, -0.1) is 0 Å². The first kappa shape index (κ1) is 25.7. The molecule has 8 nitrogen and oxygen atoms in total. The molecule has 8 heteroatoms. The third-order valence-electron chi connectivity index (χ3n) is 8.12. The minimum Gasteiger partial charge on any atom is -0.497 e. The molecule has 3 heterocycles. The van der Waals surface area contributed by atoms with Crippen LogP contribution in [0.15, 0.2) is 42.1 Å². The smallest absolute Gasteiger partial charge is 0.184 e. The van der Waals surface area contributed by atoms with E-state index in [1.807, 2.05) is 12.1 Å². The quantitative estimate of drug-likeness (QED) is 0.612. The van der Waals surface area contributed by atoms with Gasteiger partial charge in [0.2, 0.25) is 0 Å². The average molecular weight is 510 g/mol. The summed E-state index contributed by atoms with van der Waals surface area (Å²) in [5.41, 5.74) is 4.02. The number of fused-ring (bicyclic) bond motifs is 3. The molecule has 200 valence electrons. The number of aliphatic hydroxyl groups is 1. The van der Waals surface area contributed by atoms with E-state index in [0.717, 1.165) is 66.6 Å². The molecule has 2 fully saturated rings. The summed E-state index contributed by atoms with van der Waals surface area (Å²) >= 11 is 0. The van der Waals surface area contributed by atoms with Crippen molar-refractivity contribution in [2.45, 2.75) is 57.1 Å². The summed E-state index contributed by atoms with van der Waals surface area (Å²) in [6.07, 6.45) is 3.39. The topological polar surface area (TPSA) is 75.7 Å². The van der Waals surface area contributed by atoms with Crippen LogP contribution >= 0.6 is 0 Å². The van der Waals surface area contributed by atoms with Gasteiger partial charge in [-0.1, -0.05) is 19.9 Å². The van der Waals surface area contributed by atoms with E-state index in [9.17, 15) is 5.11 Å². The zero-order chi connectivity index (χ0) is 26.4. The number of nitrogens with zero attached hydrogens (tertiary/aromatic N) is 2. The first-order valence-corrected chi connectivity index (χ1v) is 12.9. The molecule has 1 unspecified atom stereocenters. The van der Waals surface area contributed by atoms with Crippen LogP contribution in [-0.2, 0) is 18.5 Å². The summed E-state index contributed by atoms with van der Waals surface area (Å²) < 4.78 is 22.3. The van der Waals surface area contributed by atoms with Gasteiger partial charge >= 0.3 is 0 Å². The maximum Gasteiger partial charge on any atom is 0.184 e. The van der Waals surface area contributed by atoms with Crippen molar-refractivity contribution in [3.63, 3.8) is 0 Å². The Balaban J connectivity index is 1.41. The molecule has 0 radical (unpaired) electrons. The third kappa shape index (κ3) is 4.62. The van der Waals surface area contributed by atoms with Crippen molar-refractivity contribution in [3.8, 4) is 23.0 Å². The summed E-state index contributed by atoms with van der Waals surface area (Å²) in [5, 5.41) is 14.8. The lowest BCUT2D eigenvalue weighted by atomic mass is 9.77. The summed E-state index contributed by atoms with van der Waals surface area (Å²) in [4.78, 5) is 4.57. The highest BCUT2D eigenvalue weighted by molar-refractivity contribution is 5.54. The Labute approximate surface area is 219 Å². The number of ether oxygens (including phenoxy) is 4. The van der Waals surface area contributed by atoms with Crippen LogP contribution in [0.1, 0.15) is 43.4 Å².